The molecule has 0 bridgehead atoms. The van der Waals surface area contributed by atoms with Gasteiger partial charge < -0.3 is 15.0 Å². The number of carbonyl (C=O) groups is 3. The fraction of sp³-hybridized carbons (Fsp3) is 0.696. The van der Waals surface area contributed by atoms with Crippen molar-refractivity contribution in [2.45, 2.75) is 65.5 Å². The maximum atomic E-state index is 12.6. The summed E-state index contributed by atoms with van der Waals surface area (Å²) in [6, 6.07) is 3.56. The number of ether oxygens (including phenoxy) is 1. The van der Waals surface area contributed by atoms with E-state index in [4.69, 9.17) is 4.74 Å². The number of nitrogens with zero attached hydrogens (tertiary/aromatic N) is 2. The van der Waals surface area contributed by atoms with Crippen LogP contribution in [0.3, 0.4) is 0 Å². The van der Waals surface area contributed by atoms with Gasteiger partial charge in [-0.05, 0) is 77.8 Å². The van der Waals surface area contributed by atoms with Gasteiger partial charge in [0.1, 0.15) is 5.60 Å². The van der Waals surface area contributed by atoms with Crippen molar-refractivity contribution in [2.24, 2.45) is 5.92 Å². The van der Waals surface area contributed by atoms with Crippen LogP contribution in [0.25, 0.3) is 0 Å². The number of hydrogen-bond donors (Lipinski definition) is 2. The third kappa shape index (κ3) is 9.56. The molecule has 1 aromatic heterocycles. The Morgan fingerprint density at radius 2 is 2.06 bits per heavy atom. The first-order valence-electron chi connectivity index (χ1n) is 11.4. The highest BCUT2D eigenvalue weighted by molar-refractivity contribution is 7.09. The molecule has 4 amide bonds. The third-order valence-electron chi connectivity index (χ3n) is 5.17. The van der Waals surface area contributed by atoms with Gasteiger partial charge in [0.25, 0.3) is 0 Å². The van der Waals surface area contributed by atoms with Crippen LogP contribution in [-0.4, -0.2) is 72.2 Å². The van der Waals surface area contributed by atoms with Gasteiger partial charge >= 0.3 is 12.1 Å². The summed E-state index contributed by atoms with van der Waals surface area (Å²) in [4.78, 5) is 41.9. The third-order valence-corrected chi connectivity index (χ3v) is 6.10. The lowest BCUT2D eigenvalue weighted by atomic mass is 9.97. The average Bonchev–Trinajstić information content (AvgIpc) is 3.18. The van der Waals surface area contributed by atoms with Crippen LogP contribution in [0.2, 0.25) is 0 Å². The van der Waals surface area contributed by atoms with Gasteiger partial charge in [-0.15, -0.1) is 11.3 Å². The van der Waals surface area contributed by atoms with Gasteiger partial charge in [0, 0.05) is 30.6 Å². The summed E-state index contributed by atoms with van der Waals surface area (Å²) in [5.74, 6) is -0.0572. The van der Waals surface area contributed by atoms with Crippen LogP contribution in [0, 0.1) is 5.92 Å². The first-order valence-corrected chi connectivity index (χ1v) is 12.2. The van der Waals surface area contributed by atoms with Gasteiger partial charge in [-0.1, -0.05) is 6.07 Å². The molecule has 1 aromatic rings. The minimum absolute atomic E-state index is 0.0291. The Morgan fingerprint density at radius 1 is 1.31 bits per heavy atom. The number of imide groups is 1. The summed E-state index contributed by atoms with van der Waals surface area (Å²) < 4.78 is 5.56. The molecule has 0 aromatic carbocycles. The Balaban J connectivity index is 1.76. The molecular formula is C23H38N4O4S. The van der Waals surface area contributed by atoms with E-state index in [1.54, 1.807) is 16.2 Å². The molecule has 1 aliphatic heterocycles. The van der Waals surface area contributed by atoms with Crippen LogP contribution in [-0.2, 0) is 16.0 Å². The molecule has 0 saturated carbocycles. The number of nitrogens with one attached hydrogen (secondary N) is 2. The highest BCUT2D eigenvalue weighted by atomic mass is 32.1. The maximum Gasteiger partial charge on any atom is 0.410 e. The van der Waals surface area contributed by atoms with Gasteiger partial charge in [0.05, 0.1) is 6.54 Å². The second kappa shape index (κ2) is 12.2. The van der Waals surface area contributed by atoms with E-state index in [2.05, 4.69) is 15.5 Å². The van der Waals surface area contributed by atoms with E-state index in [-0.39, 0.29) is 30.5 Å². The van der Waals surface area contributed by atoms with Crippen LogP contribution in [0.4, 0.5) is 9.59 Å². The molecule has 9 heteroatoms. The lowest BCUT2D eigenvalue weighted by Gasteiger charge is -2.37. The minimum atomic E-state index is -0.536. The smallest absolute Gasteiger partial charge is 0.410 e. The highest BCUT2D eigenvalue weighted by Crippen LogP contribution is 2.20. The van der Waals surface area contributed by atoms with E-state index in [9.17, 15) is 14.4 Å². The van der Waals surface area contributed by atoms with Crippen LogP contribution in [0.1, 0.15) is 52.3 Å². The molecule has 8 nitrogen and oxygen atoms in total. The van der Waals surface area contributed by atoms with E-state index < -0.39 is 11.6 Å². The predicted octanol–water partition coefficient (Wildman–Crippen LogP) is 3.47. The molecule has 1 fully saturated rings. The molecule has 2 heterocycles. The number of amides is 4. The number of urea groups is 1. The molecule has 0 aliphatic carbocycles. The zero-order valence-corrected chi connectivity index (χ0v) is 20.8. The second-order valence-corrected chi connectivity index (χ2v) is 10.6. The summed E-state index contributed by atoms with van der Waals surface area (Å²) >= 11 is 1.64. The summed E-state index contributed by atoms with van der Waals surface area (Å²) in [6.45, 7) is 12.3. The van der Waals surface area contributed by atoms with E-state index >= 15 is 0 Å². The van der Waals surface area contributed by atoms with E-state index in [1.165, 1.54) is 4.88 Å². The van der Waals surface area contributed by atoms with Crippen LogP contribution in [0.15, 0.2) is 17.5 Å². The SMILES string of the molecule is CC(C)N(CC1CCCN(CC(=O)NC(=O)NCCc2cccs2)C1)C(=O)OC(C)(C)C. The van der Waals surface area contributed by atoms with Crippen molar-refractivity contribution in [3.8, 4) is 0 Å². The van der Waals surface area contributed by atoms with Gasteiger partial charge in [-0.25, -0.2) is 9.59 Å². The van der Waals surface area contributed by atoms with Gasteiger partial charge in [-0.2, -0.15) is 0 Å². The van der Waals surface area contributed by atoms with Crippen LogP contribution >= 0.6 is 11.3 Å². The van der Waals surface area contributed by atoms with Crippen molar-refractivity contribution in [1.82, 2.24) is 20.4 Å². The van der Waals surface area contributed by atoms with Crippen molar-refractivity contribution in [3.63, 3.8) is 0 Å². The normalized spacial score (nSPS) is 17.1. The summed E-state index contributed by atoms with van der Waals surface area (Å²) in [5.41, 5.74) is -0.536. The molecule has 1 unspecified atom stereocenters. The molecule has 1 aliphatic rings. The first kappa shape index (κ1) is 26.1. The zero-order valence-electron chi connectivity index (χ0n) is 20.0. The Bertz CT molecular complexity index is 746. The highest BCUT2D eigenvalue weighted by Gasteiger charge is 2.29. The minimum Gasteiger partial charge on any atom is -0.444 e. The number of likely N-dealkylation sites (tertiary alicyclic amines) is 1. The molecule has 2 rings (SSSR count). The van der Waals surface area contributed by atoms with Crippen molar-refractivity contribution >= 4 is 29.4 Å². The fourth-order valence-electron chi connectivity index (χ4n) is 3.71. The van der Waals surface area contributed by atoms with Crippen LogP contribution < -0.4 is 10.6 Å². The van der Waals surface area contributed by atoms with E-state index in [0.29, 0.717) is 19.6 Å². The lowest BCUT2D eigenvalue weighted by molar-refractivity contribution is -0.121. The Labute approximate surface area is 195 Å². The second-order valence-electron chi connectivity index (χ2n) is 9.60. The Kier molecular flexibility index (Phi) is 9.96. The van der Waals surface area contributed by atoms with Crippen molar-refractivity contribution in [2.75, 3.05) is 32.7 Å². The average molecular weight is 467 g/mol. The number of carbonyl (C=O) groups excluding carboxylic acids is 3. The Hall–Kier alpha value is -2.13. The maximum absolute atomic E-state index is 12.6. The summed E-state index contributed by atoms with van der Waals surface area (Å²) in [7, 11) is 0. The van der Waals surface area contributed by atoms with E-state index in [1.807, 2.05) is 52.1 Å². The van der Waals surface area contributed by atoms with Crippen molar-refractivity contribution in [3.05, 3.63) is 22.4 Å². The summed E-state index contributed by atoms with van der Waals surface area (Å²) in [5, 5.41) is 7.14. The molecule has 0 spiro atoms. The molecule has 1 atom stereocenters. The topological polar surface area (TPSA) is 91.0 Å². The standard InChI is InChI=1S/C23H38N4O4S/c1-17(2)27(22(30)31-23(3,4)5)15-18-8-6-12-26(14-18)16-20(28)25-21(29)24-11-10-19-9-7-13-32-19/h7,9,13,17-18H,6,8,10-12,14-16H2,1-5H3,(H2,24,25,28,29). The molecule has 2 N–H and O–H groups in total. The Morgan fingerprint density at radius 3 is 2.69 bits per heavy atom. The van der Waals surface area contributed by atoms with Crippen molar-refractivity contribution < 1.29 is 19.1 Å². The van der Waals surface area contributed by atoms with Crippen LogP contribution in [0.5, 0.6) is 0 Å². The van der Waals surface area contributed by atoms with Gasteiger partial charge in [0.2, 0.25) is 5.91 Å². The molecule has 32 heavy (non-hydrogen) atoms. The molecular weight excluding hydrogens is 428 g/mol. The quantitative estimate of drug-likeness (QED) is 0.612. The lowest BCUT2D eigenvalue weighted by Crippen LogP contribution is -2.50. The van der Waals surface area contributed by atoms with E-state index in [0.717, 1.165) is 25.8 Å². The predicted molar refractivity (Wildman–Crippen MR) is 127 cm³/mol. The van der Waals surface area contributed by atoms with Crippen molar-refractivity contribution in [1.29, 1.82) is 0 Å². The van der Waals surface area contributed by atoms with Gasteiger partial charge in [-0.3, -0.25) is 15.0 Å². The number of thiophene rings is 1. The monoisotopic (exact) mass is 466 g/mol. The summed E-state index contributed by atoms with van der Waals surface area (Å²) in [6.07, 6.45) is 2.39. The number of rotatable bonds is 8. The largest absolute Gasteiger partial charge is 0.444 e. The molecule has 180 valence electrons. The number of piperidine rings is 1. The molecule has 0 radical (unpaired) electrons. The van der Waals surface area contributed by atoms with Gasteiger partial charge in [0.15, 0.2) is 0 Å². The molecule has 1 saturated heterocycles. The number of hydrogen-bond acceptors (Lipinski definition) is 6. The zero-order chi connectivity index (χ0) is 23.7. The first-order chi connectivity index (χ1) is 15.0. The fourth-order valence-corrected chi connectivity index (χ4v) is 4.42.